The quantitative estimate of drug-likeness (QED) is 0.0303. The first-order valence-corrected chi connectivity index (χ1v) is 21.0. The molecule has 1 rings (SSSR count). The zero-order valence-electron chi connectivity index (χ0n) is 32.8. The topological polar surface area (TPSA) is 85.4 Å². The van der Waals surface area contributed by atoms with Gasteiger partial charge in [-0.3, -0.25) is 9.59 Å². The molecular formula is C44H78O6. The molecule has 0 aromatic rings. The maximum absolute atomic E-state index is 12.2. The number of esters is 2. The Kier molecular flexibility index (Phi) is 31.5. The van der Waals surface area contributed by atoms with Gasteiger partial charge in [0.25, 0.3) is 0 Å². The predicted molar refractivity (Wildman–Crippen MR) is 209 cm³/mol. The highest BCUT2D eigenvalue weighted by Gasteiger charge is 2.35. The van der Waals surface area contributed by atoms with Gasteiger partial charge in [-0.05, 0) is 57.3 Å². The third-order valence-electron chi connectivity index (χ3n) is 9.52. The molecule has 1 heterocycles. The van der Waals surface area contributed by atoms with Crippen molar-refractivity contribution in [2.24, 2.45) is 5.92 Å². The van der Waals surface area contributed by atoms with E-state index in [0.717, 1.165) is 50.9 Å². The van der Waals surface area contributed by atoms with Crippen molar-refractivity contribution in [3.63, 3.8) is 0 Å². The Morgan fingerprint density at radius 1 is 0.620 bits per heavy atom. The molecule has 0 amide bonds. The summed E-state index contributed by atoms with van der Waals surface area (Å²) < 4.78 is 16.3. The van der Waals surface area contributed by atoms with E-state index in [-0.39, 0.29) is 31.6 Å². The van der Waals surface area contributed by atoms with Crippen molar-refractivity contribution in [2.75, 3.05) is 13.2 Å². The van der Waals surface area contributed by atoms with Crippen molar-refractivity contribution in [3.8, 4) is 0 Å². The van der Waals surface area contributed by atoms with Gasteiger partial charge in [0.05, 0.1) is 18.8 Å². The Balaban J connectivity index is 1.90. The molecule has 50 heavy (non-hydrogen) atoms. The van der Waals surface area contributed by atoms with Gasteiger partial charge < -0.3 is 19.3 Å². The van der Waals surface area contributed by atoms with Crippen LogP contribution in [0.4, 0.5) is 0 Å². The number of unbranched alkanes of at least 4 members (excludes halogenated alkanes) is 18. The molecule has 0 bridgehead atoms. The van der Waals surface area contributed by atoms with Gasteiger partial charge in [0.2, 0.25) is 0 Å². The molecule has 6 nitrogen and oxygen atoms in total. The van der Waals surface area contributed by atoms with Crippen molar-refractivity contribution < 1.29 is 28.9 Å². The Hall–Kier alpha value is -1.92. The zero-order valence-corrected chi connectivity index (χ0v) is 32.8. The van der Waals surface area contributed by atoms with Crippen molar-refractivity contribution in [1.82, 2.24) is 0 Å². The zero-order chi connectivity index (χ0) is 36.3. The molecule has 0 aromatic carbocycles. The van der Waals surface area contributed by atoms with Crippen LogP contribution in [0.5, 0.6) is 0 Å². The number of carbonyl (C=O) groups is 2. The van der Waals surface area contributed by atoms with Crippen LogP contribution in [0.15, 0.2) is 36.5 Å². The van der Waals surface area contributed by atoms with Gasteiger partial charge >= 0.3 is 11.9 Å². The number of rotatable bonds is 36. The highest BCUT2D eigenvalue weighted by molar-refractivity contribution is 5.70. The molecule has 3 atom stereocenters. The second kappa shape index (κ2) is 34.2. The van der Waals surface area contributed by atoms with Crippen LogP contribution >= 0.6 is 0 Å². The van der Waals surface area contributed by atoms with Gasteiger partial charge in [0.15, 0.2) is 6.10 Å². The monoisotopic (exact) mass is 703 g/mol. The van der Waals surface area contributed by atoms with Crippen LogP contribution in [0.3, 0.4) is 0 Å². The Morgan fingerprint density at radius 3 is 1.70 bits per heavy atom. The van der Waals surface area contributed by atoms with E-state index in [0.29, 0.717) is 25.0 Å². The number of hydrogen-bond donors (Lipinski definition) is 1. The van der Waals surface area contributed by atoms with Crippen molar-refractivity contribution in [1.29, 1.82) is 0 Å². The van der Waals surface area contributed by atoms with Crippen LogP contribution in [-0.4, -0.2) is 48.6 Å². The third kappa shape index (κ3) is 30.9. The molecule has 1 aliphatic heterocycles. The first kappa shape index (κ1) is 46.1. The van der Waals surface area contributed by atoms with Gasteiger partial charge in [-0.1, -0.05) is 166 Å². The van der Waals surface area contributed by atoms with Crippen molar-refractivity contribution >= 4 is 11.9 Å². The molecule has 0 spiro atoms. The fourth-order valence-corrected chi connectivity index (χ4v) is 6.18. The lowest BCUT2D eigenvalue weighted by atomic mass is 10.0. The summed E-state index contributed by atoms with van der Waals surface area (Å²) in [6, 6.07) is 0. The first-order chi connectivity index (χ1) is 24.5. The summed E-state index contributed by atoms with van der Waals surface area (Å²) in [6.07, 6.45) is 43.9. The predicted octanol–water partition coefficient (Wildman–Crippen LogP) is 12.1. The van der Waals surface area contributed by atoms with Gasteiger partial charge in [-0.25, -0.2) is 0 Å². The minimum absolute atomic E-state index is 0.0893. The van der Waals surface area contributed by atoms with E-state index in [1.54, 1.807) is 0 Å². The van der Waals surface area contributed by atoms with Crippen LogP contribution in [0.1, 0.15) is 194 Å². The summed E-state index contributed by atoms with van der Waals surface area (Å²) in [7, 11) is 0. The number of aliphatic hydroxyl groups excluding tert-OH is 1. The second-order valence-corrected chi connectivity index (χ2v) is 14.9. The lowest BCUT2D eigenvalue weighted by Crippen LogP contribution is -2.28. The number of hydrogen-bond acceptors (Lipinski definition) is 6. The first-order valence-electron chi connectivity index (χ1n) is 21.0. The maximum Gasteiger partial charge on any atom is 0.306 e. The molecule has 0 aromatic heterocycles. The number of carbonyl (C=O) groups excluding carboxylic acids is 2. The Labute approximate surface area is 308 Å². The second-order valence-electron chi connectivity index (χ2n) is 14.9. The lowest BCUT2D eigenvalue weighted by molar-refractivity contribution is -0.161. The van der Waals surface area contributed by atoms with E-state index in [1.807, 2.05) is 0 Å². The molecule has 0 aliphatic carbocycles. The highest BCUT2D eigenvalue weighted by atomic mass is 16.6. The smallest absolute Gasteiger partial charge is 0.306 e. The molecule has 1 saturated heterocycles. The Morgan fingerprint density at radius 2 is 1.12 bits per heavy atom. The molecule has 1 fully saturated rings. The minimum atomic E-state index is -0.802. The number of ether oxygens (including phenoxy) is 3. The normalized spacial score (nSPS) is 16.7. The van der Waals surface area contributed by atoms with Crippen molar-refractivity contribution in [3.05, 3.63) is 36.5 Å². The molecule has 2 unspecified atom stereocenters. The van der Waals surface area contributed by atoms with E-state index in [9.17, 15) is 14.7 Å². The molecule has 0 radical (unpaired) electrons. The Bertz CT molecular complexity index is 878. The van der Waals surface area contributed by atoms with Gasteiger partial charge in [0, 0.05) is 12.8 Å². The SMILES string of the molecule is CCCCC/C=C\CC1OC1C/C=C\C/C=C\CCCC(=O)O[C@@H](CO)COC(=O)CCCCCCCCCCCCCCCCCC(C)C. The number of aliphatic hydroxyl groups is 1. The number of epoxide rings is 1. The molecular weight excluding hydrogens is 624 g/mol. The van der Waals surface area contributed by atoms with Crippen molar-refractivity contribution in [2.45, 2.75) is 212 Å². The van der Waals surface area contributed by atoms with E-state index in [2.05, 4.69) is 57.2 Å². The largest absolute Gasteiger partial charge is 0.462 e. The summed E-state index contributed by atoms with van der Waals surface area (Å²) in [5, 5.41) is 9.57. The summed E-state index contributed by atoms with van der Waals surface area (Å²) in [5.41, 5.74) is 0. The molecule has 1 aliphatic rings. The highest BCUT2D eigenvalue weighted by Crippen LogP contribution is 2.29. The average Bonchev–Trinajstić information content (AvgIpc) is 3.86. The molecule has 1 N–H and O–H groups in total. The average molecular weight is 703 g/mol. The third-order valence-corrected chi connectivity index (χ3v) is 9.52. The van der Waals surface area contributed by atoms with Crippen LogP contribution in [0.25, 0.3) is 0 Å². The minimum Gasteiger partial charge on any atom is -0.462 e. The van der Waals surface area contributed by atoms with E-state index >= 15 is 0 Å². The van der Waals surface area contributed by atoms with E-state index in [4.69, 9.17) is 14.2 Å². The lowest BCUT2D eigenvalue weighted by Gasteiger charge is -2.15. The van der Waals surface area contributed by atoms with E-state index in [1.165, 1.54) is 109 Å². The summed E-state index contributed by atoms with van der Waals surface area (Å²) in [6.45, 7) is 6.42. The van der Waals surface area contributed by atoms with Gasteiger partial charge in [-0.15, -0.1) is 0 Å². The van der Waals surface area contributed by atoms with Crippen LogP contribution in [0.2, 0.25) is 0 Å². The standard InChI is InChI=1S/C44H78O6/c1-4-5-6-7-23-28-33-41-42(50-41)34-29-24-19-17-21-26-31-36-44(47)49-40(37-45)38-48-43(46)35-30-25-20-16-14-12-10-8-9-11-13-15-18-22-27-32-39(2)3/h17,21,23-24,28-29,39-42,45H,4-16,18-20,22,25-27,30-38H2,1-3H3/b21-17-,28-23-,29-24-/t40-,41?,42?/m0/s1. The van der Waals surface area contributed by atoms with E-state index < -0.39 is 6.10 Å². The molecule has 6 heteroatoms. The van der Waals surface area contributed by atoms with Crippen LogP contribution < -0.4 is 0 Å². The van der Waals surface area contributed by atoms with Crippen LogP contribution in [0, 0.1) is 5.92 Å². The maximum atomic E-state index is 12.2. The summed E-state index contributed by atoms with van der Waals surface area (Å²) in [4.78, 5) is 24.3. The summed E-state index contributed by atoms with van der Waals surface area (Å²) >= 11 is 0. The fraction of sp³-hybridized carbons (Fsp3) is 0.818. The van der Waals surface area contributed by atoms with Gasteiger partial charge in [0.1, 0.15) is 6.61 Å². The molecule has 290 valence electrons. The summed E-state index contributed by atoms with van der Waals surface area (Å²) in [5.74, 6) is 0.194. The van der Waals surface area contributed by atoms with Crippen LogP contribution in [-0.2, 0) is 23.8 Å². The number of allylic oxidation sites excluding steroid dienone is 4. The fourth-order valence-electron chi connectivity index (χ4n) is 6.18. The molecule has 0 saturated carbocycles. The van der Waals surface area contributed by atoms with Gasteiger partial charge in [-0.2, -0.15) is 0 Å².